The number of hydrogen-bond donors (Lipinski definition) is 1. The number of halogens is 2. The lowest BCUT2D eigenvalue weighted by Gasteiger charge is -2.35. The first kappa shape index (κ1) is 16.4. The molecule has 1 fully saturated rings. The Balaban J connectivity index is 2.11. The molecule has 1 N–H and O–H groups in total. The van der Waals surface area contributed by atoms with Gasteiger partial charge in [-0.15, -0.1) is 0 Å². The fraction of sp³-hybridized carbons (Fsp3) is 0.647. The Morgan fingerprint density at radius 3 is 2.57 bits per heavy atom. The van der Waals surface area contributed by atoms with E-state index in [2.05, 4.69) is 5.32 Å². The summed E-state index contributed by atoms with van der Waals surface area (Å²) in [5.41, 5.74) is 0.409. The molecule has 1 aromatic rings. The molecule has 2 nitrogen and oxygen atoms in total. The first-order valence-corrected chi connectivity index (χ1v) is 7.79. The van der Waals surface area contributed by atoms with Gasteiger partial charge in [0.25, 0.3) is 0 Å². The first-order valence-electron chi connectivity index (χ1n) is 7.79. The fourth-order valence-corrected chi connectivity index (χ4v) is 3.47. The maximum atomic E-state index is 13.8. The van der Waals surface area contributed by atoms with E-state index in [9.17, 15) is 8.78 Å². The zero-order valence-electron chi connectivity index (χ0n) is 12.9. The van der Waals surface area contributed by atoms with Crippen molar-refractivity contribution in [3.8, 4) is 0 Å². The predicted molar refractivity (Wildman–Crippen MR) is 80.3 cm³/mol. The van der Waals surface area contributed by atoms with Crippen molar-refractivity contribution >= 4 is 0 Å². The Hall–Kier alpha value is -1.00. The highest BCUT2D eigenvalue weighted by atomic mass is 19.1. The van der Waals surface area contributed by atoms with Gasteiger partial charge in [0.1, 0.15) is 11.6 Å². The molecule has 0 radical (unpaired) electrons. The number of methoxy groups -OCH3 is 1. The molecule has 0 aliphatic heterocycles. The summed E-state index contributed by atoms with van der Waals surface area (Å²) < 4.78 is 32.9. The van der Waals surface area contributed by atoms with Gasteiger partial charge in [-0.2, -0.15) is 0 Å². The summed E-state index contributed by atoms with van der Waals surface area (Å²) in [4.78, 5) is 0. The SMILES string of the molecule is CNC(Cc1cc(F)ccc1F)C(OC)C1CCCCC1. The van der Waals surface area contributed by atoms with Crippen LogP contribution in [-0.4, -0.2) is 26.3 Å². The van der Waals surface area contributed by atoms with Crippen LogP contribution in [0, 0.1) is 17.6 Å². The monoisotopic (exact) mass is 297 g/mol. The summed E-state index contributed by atoms with van der Waals surface area (Å²) in [6.07, 6.45) is 6.54. The van der Waals surface area contributed by atoms with Crippen LogP contribution in [0.2, 0.25) is 0 Å². The molecule has 0 amide bonds. The predicted octanol–water partition coefficient (Wildman–Crippen LogP) is 3.69. The van der Waals surface area contributed by atoms with Crippen molar-refractivity contribution < 1.29 is 13.5 Å². The van der Waals surface area contributed by atoms with Gasteiger partial charge in [-0.25, -0.2) is 8.78 Å². The van der Waals surface area contributed by atoms with Crippen LogP contribution >= 0.6 is 0 Å². The lowest BCUT2D eigenvalue weighted by atomic mass is 9.81. The largest absolute Gasteiger partial charge is 0.380 e. The minimum absolute atomic E-state index is 0.00519. The van der Waals surface area contributed by atoms with Crippen molar-refractivity contribution in [1.82, 2.24) is 5.32 Å². The highest BCUT2D eigenvalue weighted by Crippen LogP contribution is 2.30. The molecule has 2 unspecified atom stereocenters. The average molecular weight is 297 g/mol. The molecule has 118 valence electrons. The second-order valence-electron chi connectivity index (χ2n) is 5.93. The van der Waals surface area contributed by atoms with Gasteiger partial charge in [-0.05, 0) is 56.0 Å². The summed E-state index contributed by atoms with van der Waals surface area (Å²) >= 11 is 0. The molecule has 2 atom stereocenters. The lowest BCUT2D eigenvalue weighted by Crippen LogP contribution is -2.45. The number of rotatable bonds is 6. The minimum Gasteiger partial charge on any atom is -0.380 e. The van der Waals surface area contributed by atoms with Gasteiger partial charge < -0.3 is 10.1 Å². The van der Waals surface area contributed by atoms with Gasteiger partial charge in [0.2, 0.25) is 0 Å². The van der Waals surface area contributed by atoms with Crippen LogP contribution in [0.15, 0.2) is 18.2 Å². The zero-order chi connectivity index (χ0) is 15.2. The Kier molecular flexibility index (Phi) is 6.12. The third kappa shape index (κ3) is 4.24. The second kappa shape index (κ2) is 7.85. The summed E-state index contributed by atoms with van der Waals surface area (Å²) in [7, 11) is 3.57. The molecule has 0 heterocycles. The molecule has 4 heteroatoms. The number of likely N-dealkylation sites (N-methyl/N-ethyl adjacent to an activating group) is 1. The zero-order valence-corrected chi connectivity index (χ0v) is 12.9. The van der Waals surface area contributed by atoms with Crippen molar-refractivity contribution in [3.63, 3.8) is 0 Å². The third-order valence-electron chi connectivity index (χ3n) is 4.60. The molecule has 0 aromatic heterocycles. The van der Waals surface area contributed by atoms with Crippen molar-refractivity contribution in [2.24, 2.45) is 5.92 Å². The quantitative estimate of drug-likeness (QED) is 0.864. The molecule has 0 saturated heterocycles. The molecule has 1 aliphatic carbocycles. The van der Waals surface area contributed by atoms with Crippen LogP contribution in [-0.2, 0) is 11.2 Å². The molecule has 21 heavy (non-hydrogen) atoms. The minimum atomic E-state index is -0.395. The normalized spacial score (nSPS) is 19.4. The maximum absolute atomic E-state index is 13.8. The molecule has 1 saturated carbocycles. The smallest absolute Gasteiger partial charge is 0.126 e. The van der Waals surface area contributed by atoms with Gasteiger partial charge >= 0.3 is 0 Å². The van der Waals surface area contributed by atoms with Gasteiger partial charge in [0.15, 0.2) is 0 Å². The van der Waals surface area contributed by atoms with E-state index in [4.69, 9.17) is 4.74 Å². The van der Waals surface area contributed by atoms with Gasteiger partial charge in [0, 0.05) is 13.2 Å². The van der Waals surface area contributed by atoms with E-state index in [-0.39, 0.29) is 18.0 Å². The van der Waals surface area contributed by atoms with Crippen molar-refractivity contribution in [2.45, 2.75) is 50.7 Å². The molecule has 0 spiro atoms. The molecular weight excluding hydrogens is 272 g/mol. The van der Waals surface area contributed by atoms with Crippen LogP contribution in [0.1, 0.15) is 37.7 Å². The summed E-state index contributed by atoms with van der Waals surface area (Å²) in [5, 5.41) is 3.23. The standard InChI is InChI=1S/C17H25F2NO/c1-20-16(11-13-10-14(18)8-9-15(13)19)17(21-2)12-6-4-3-5-7-12/h8-10,12,16-17,20H,3-7,11H2,1-2H3. The average Bonchev–Trinajstić information content (AvgIpc) is 2.51. The first-order chi connectivity index (χ1) is 10.2. The summed E-state index contributed by atoms with van der Waals surface area (Å²) in [6.45, 7) is 0. The van der Waals surface area contributed by atoms with E-state index in [0.717, 1.165) is 18.9 Å². The highest BCUT2D eigenvalue weighted by Gasteiger charge is 2.30. The second-order valence-corrected chi connectivity index (χ2v) is 5.93. The summed E-state index contributed by atoms with van der Waals surface area (Å²) in [6, 6.07) is 3.63. The number of ether oxygens (including phenoxy) is 1. The van der Waals surface area contributed by atoms with E-state index >= 15 is 0 Å². The van der Waals surface area contributed by atoms with Crippen LogP contribution in [0.25, 0.3) is 0 Å². The fourth-order valence-electron chi connectivity index (χ4n) is 3.47. The lowest BCUT2D eigenvalue weighted by molar-refractivity contribution is 0.00996. The maximum Gasteiger partial charge on any atom is 0.126 e. The van der Waals surface area contributed by atoms with Crippen LogP contribution in [0.5, 0.6) is 0 Å². The van der Waals surface area contributed by atoms with E-state index < -0.39 is 5.82 Å². The van der Waals surface area contributed by atoms with E-state index in [1.807, 2.05) is 7.05 Å². The van der Waals surface area contributed by atoms with Gasteiger partial charge in [-0.1, -0.05) is 19.3 Å². The highest BCUT2D eigenvalue weighted by molar-refractivity contribution is 5.20. The Bertz CT molecular complexity index is 446. The number of nitrogens with one attached hydrogen (secondary N) is 1. The van der Waals surface area contributed by atoms with E-state index in [0.29, 0.717) is 17.9 Å². The van der Waals surface area contributed by atoms with Crippen LogP contribution < -0.4 is 5.32 Å². The summed E-state index contributed by atoms with van der Waals surface area (Å²) in [5.74, 6) is -0.249. The van der Waals surface area contributed by atoms with Crippen LogP contribution in [0.3, 0.4) is 0 Å². The van der Waals surface area contributed by atoms with Crippen molar-refractivity contribution in [2.75, 3.05) is 14.2 Å². The number of benzene rings is 1. The molecule has 2 rings (SSSR count). The van der Waals surface area contributed by atoms with E-state index in [1.165, 1.54) is 31.4 Å². The molecule has 0 bridgehead atoms. The van der Waals surface area contributed by atoms with Crippen molar-refractivity contribution in [3.05, 3.63) is 35.4 Å². The molecule has 1 aromatic carbocycles. The van der Waals surface area contributed by atoms with E-state index in [1.54, 1.807) is 7.11 Å². The van der Waals surface area contributed by atoms with Crippen LogP contribution in [0.4, 0.5) is 8.78 Å². The Morgan fingerprint density at radius 1 is 1.24 bits per heavy atom. The van der Waals surface area contributed by atoms with Gasteiger partial charge in [0.05, 0.1) is 6.10 Å². The number of hydrogen-bond acceptors (Lipinski definition) is 2. The Morgan fingerprint density at radius 2 is 1.95 bits per heavy atom. The third-order valence-corrected chi connectivity index (χ3v) is 4.60. The molecular formula is C17H25F2NO. The topological polar surface area (TPSA) is 21.3 Å². The Labute approximate surface area is 125 Å². The van der Waals surface area contributed by atoms with Crippen molar-refractivity contribution in [1.29, 1.82) is 0 Å². The molecule has 1 aliphatic rings. The van der Waals surface area contributed by atoms with Gasteiger partial charge in [-0.3, -0.25) is 0 Å².